The lowest BCUT2D eigenvalue weighted by atomic mass is 10.2. The van der Waals surface area contributed by atoms with E-state index in [9.17, 15) is 9.59 Å². The van der Waals surface area contributed by atoms with Crippen molar-refractivity contribution in [3.05, 3.63) is 71.2 Å². The number of amides is 4. The van der Waals surface area contributed by atoms with Crippen molar-refractivity contribution in [2.75, 3.05) is 61.2 Å². The maximum atomic E-state index is 12.8. The fraction of sp³-hybridized carbons (Fsp3) is 0.259. The minimum absolute atomic E-state index is 0.144. The predicted octanol–water partition coefficient (Wildman–Crippen LogP) is 5.66. The van der Waals surface area contributed by atoms with Crippen LogP contribution >= 0.6 is 11.6 Å². The summed E-state index contributed by atoms with van der Waals surface area (Å²) in [5.74, 6) is 1.15. The van der Waals surface area contributed by atoms with Gasteiger partial charge in [0.2, 0.25) is 0 Å². The number of methoxy groups -OCH3 is 2. The zero-order chi connectivity index (χ0) is 26.4. The lowest BCUT2D eigenvalue weighted by Crippen LogP contribution is -2.50. The molecule has 10 heteroatoms. The largest absolute Gasteiger partial charge is 0.495 e. The van der Waals surface area contributed by atoms with Crippen LogP contribution in [0.2, 0.25) is 5.02 Å². The second-order valence-corrected chi connectivity index (χ2v) is 8.96. The number of hydrogen-bond donors (Lipinski definition) is 3. The summed E-state index contributed by atoms with van der Waals surface area (Å²) in [5.41, 5.74) is 3.78. The molecule has 0 aromatic heterocycles. The van der Waals surface area contributed by atoms with Gasteiger partial charge in [0.1, 0.15) is 11.5 Å². The molecule has 0 atom stereocenters. The number of nitrogens with zero attached hydrogens (tertiary/aromatic N) is 2. The van der Waals surface area contributed by atoms with Crippen molar-refractivity contribution >= 4 is 46.4 Å². The van der Waals surface area contributed by atoms with Gasteiger partial charge in [-0.05, 0) is 61.0 Å². The van der Waals surface area contributed by atoms with Crippen LogP contribution in [-0.2, 0) is 0 Å². The molecule has 1 heterocycles. The fourth-order valence-electron chi connectivity index (χ4n) is 4.14. The minimum atomic E-state index is -0.404. The summed E-state index contributed by atoms with van der Waals surface area (Å²) in [4.78, 5) is 29.3. The van der Waals surface area contributed by atoms with E-state index in [0.29, 0.717) is 59.8 Å². The van der Waals surface area contributed by atoms with E-state index in [-0.39, 0.29) is 6.03 Å². The molecule has 37 heavy (non-hydrogen) atoms. The van der Waals surface area contributed by atoms with Crippen molar-refractivity contribution in [2.45, 2.75) is 6.92 Å². The Bertz CT molecular complexity index is 1260. The van der Waals surface area contributed by atoms with Gasteiger partial charge < -0.3 is 35.2 Å². The SMILES string of the molecule is COc1ccc(Cl)cc1NC(=O)Nc1ccc(N2CCN(C(=O)Nc3c(C)cccc3OC)CC2)cc1. The first-order valence-electron chi connectivity index (χ1n) is 11.8. The Morgan fingerprint density at radius 2 is 1.54 bits per heavy atom. The molecule has 9 nitrogen and oxygen atoms in total. The van der Waals surface area contributed by atoms with Gasteiger partial charge in [0.05, 0.1) is 25.6 Å². The molecule has 0 bridgehead atoms. The number of rotatable bonds is 6. The minimum Gasteiger partial charge on any atom is -0.495 e. The fourth-order valence-corrected chi connectivity index (χ4v) is 4.32. The van der Waals surface area contributed by atoms with E-state index in [1.807, 2.05) is 49.4 Å². The average Bonchev–Trinajstić information content (AvgIpc) is 2.90. The lowest BCUT2D eigenvalue weighted by molar-refractivity contribution is 0.208. The second kappa shape index (κ2) is 11.7. The Balaban J connectivity index is 1.30. The molecule has 0 saturated carbocycles. The number of nitrogens with one attached hydrogen (secondary N) is 3. The van der Waals surface area contributed by atoms with E-state index in [1.54, 1.807) is 30.2 Å². The van der Waals surface area contributed by atoms with Gasteiger partial charge in [0, 0.05) is 42.6 Å². The standard InChI is InChI=1S/C27H30ClN5O4/c1-18-5-4-6-24(37-3)25(18)31-27(35)33-15-13-32(14-16-33)21-10-8-20(9-11-21)29-26(34)30-22-17-19(28)7-12-23(22)36-2/h4-12,17H,13-16H2,1-3H3,(H,31,35)(H2,29,30,34). The van der Waals surface area contributed by atoms with Gasteiger partial charge >= 0.3 is 12.1 Å². The van der Waals surface area contributed by atoms with E-state index in [2.05, 4.69) is 20.9 Å². The third kappa shape index (κ3) is 6.37. The first-order chi connectivity index (χ1) is 17.9. The van der Waals surface area contributed by atoms with E-state index in [1.165, 1.54) is 7.11 Å². The van der Waals surface area contributed by atoms with Gasteiger partial charge in [-0.25, -0.2) is 9.59 Å². The molecule has 1 aliphatic heterocycles. The smallest absolute Gasteiger partial charge is 0.323 e. The van der Waals surface area contributed by atoms with Gasteiger partial charge in [-0.1, -0.05) is 23.7 Å². The number of piperazine rings is 1. The van der Waals surface area contributed by atoms with Crippen LogP contribution in [0.25, 0.3) is 0 Å². The van der Waals surface area contributed by atoms with Gasteiger partial charge in [-0.15, -0.1) is 0 Å². The number of ether oxygens (including phenoxy) is 2. The summed E-state index contributed by atoms with van der Waals surface area (Å²) in [6.45, 7) is 4.50. The molecule has 1 saturated heterocycles. The van der Waals surface area contributed by atoms with Gasteiger partial charge in [0.25, 0.3) is 0 Å². The number of anilines is 4. The van der Waals surface area contributed by atoms with Crippen molar-refractivity contribution in [2.24, 2.45) is 0 Å². The third-order valence-electron chi connectivity index (χ3n) is 6.15. The number of aryl methyl sites for hydroxylation is 1. The number of hydrogen-bond acceptors (Lipinski definition) is 5. The molecule has 0 radical (unpaired) electrons. The van der Waals surface area contributed by atoms with Crippen molar-refractivity contribution < 1.29 is 19.1 Å². The lowest BCUT2D eigenvalue weighted by Gasteiger charge is -2.36. The molecule has 3 N–H and O–H groups in total. The van der Waals surface area contributed by atoms with Crippen molar-refractivity contribution in [1.82, 2.24) is 4.90 Å². The predicted molar refractivity (Wildman–Crippen MR) is 148 cm³/mol. The van der Waals surface area contributed by atoms with Crippen LogP contribution in [0, 0.1) is 6.92 Å². The highest BCUT2D eigenvalue weighted by Crippen LogP contribution is 2.29. The number of carbonyl (C=O) groups excluding carboxylic acids is 2. The summed E-state index contributed by atoms with van der Waals surface area (Å²) in [7, 11) is 3.12. The highest BCUT2D eigenvalue weighted by molar-refractivity contribution is 6.31. The molecule has 0 aliphatic carbocycles. The molecule has 4 amide bonds. The van der Waals surface area contributed by atoms with Crippen LogP contribution in [-0.4, -0.2) is 57.4 Å². The molecule has 3 aromatic carbocycles. The zero-order valence-electron chi connectivity index (χ0n) is 21.0. The number of carbonyl (C=O) groups is 2. The van der Waals surface area contributed by atoms with Crippen LogP contribution in [0.1, 0.15) is 5.56 Å². The normalized spacial score (nSPS) is 13.1. The molecular formula is C27H30ClN5O4. The van der Waals surface area contributed by atoms with E-state index >= 15 is 0 Å². The number of urea groups is 2. The Hall–Kier alpha value is -4.11. The van der Waals surface area contributed by atoms with Crippen LogP contribution in [0.3, 0.4) is 0 Å². The quantitative estimate of drug-likeness (QED) is 0.387. The average molecular weight is 524 g/mol. The Morgan fingerprint density at radius 3 is 2.22 bits per heavy atom. The molecule has 3 aromatic rings. The molecule has 1 fully saturated rings. The second-order valence-electron chi connectivity index (χ2n) is 8.53. The van der Waals surface area contributed by atoms with E-state index < -0.39 is 6.03 Å². The molecule has 0 spiro atoms. The van der Waals surface area contributed by atoms with Crippen LogP contribution in [0.4, 0.5) is 32.3 Å². The molecule has 4 rings (SSSR count). The first-order valence-corrected chi connectivity index (χ1v) is 12.2. The van der Waals surface area contributed by atoms with Crippen molar-refractivity contribution in [3.63, 3.8) is 0 Å². The maximum Gasteiger partial charge on any atom is 0.323 e. The van der Waals surface area contributed by atoms with E-state index in [0.717, 1.165) is 11.3 Å². The zero-order valence-corrected chi connectivity index (χ0v) is 21.8. The summed E-state index contributed by atoms with van der Waals surface area (Å²) in [6.07, 6.45) is 0. The van der Waals surface area contributed by atoms with E-state index in [4.69, 9.17) is 21.1 Å². The van der Waals surface area contributed by atoms with Crippen LogP contribution in [0.5, 0.6) is 11.5 Å². The molecule has 0 unspecified atom stereocenters. The summed E-state index contributed by atoms with van der Waals surface area (Å²) in [6, 6.07) is 17.7. The highest BCUT2D eigenvalue weighted by Gasteiger charge is 2.22. The van der Waals surface area contributed by atoms with Crippen LogP contribution < -0.4 is 30.3 Å². The summed E-state index contributed by atoms with van der Waals surface area (Å²) >= 11 is 6.03. The highest BCUT2D eigenvalue weighted by atomic mass is 35.5. The number of halogens is 1. The Morgan fingerprint density at radius 1 is 0.838 bits per heavy atom. The van der Waals surface area contributed by atoms with Crippen molar-refractivity contribution in [1.29, 1.82) is 0 Å². The number of para-hydroxylation sites is 1. The summed E-state index contributed by atoms with van der Waals surface area (Å²) in [5, 5.41) is 9.05. The molecular weight excluding hydrogens is 494 g/mol. The van der Waals surface area contributed by atoms with Gasteiger partial charge in [0.15, 0.2) is 0 Å². The molecule has 194 valence electrons. The maximum absolute atomic E-state index is 12.8. The summed E-state index contributed by atoms with van der Waals surface area (Å²) < 4.78 is 10.6. The van der Waals surface area contributed by atoms with Crippen molar-refractivity contribution in [3.8, 4) is 11.5 Å². The number of benzene rings is 3. The topological polar surface area (TPSA) is 95.2 Å². The first kappa shape index (κ1) is 26.0. The Kier molecular flexibility index (Phi) is 8.25. The molecule has 1 aliphatic rings. The van der Waals surface area contributed by atoms with Gasteiger partial charge in [-0.3, -0.25) is 0 Å². The monoisotopic (exact) mass is 523 g/mol. The Labute approximate surface area is 221 Å². The van der Waals surface area contributed by atoms with Gasteiger partial charge in [-0.2, -0.15) is 0 Å². The third-order valence-corrected chi connectivity index (χ3v) is 6.39. The van der Waals surface area contributed by atoms with Crippen LogP contribution in [0.15, 0.2) is 60.7 Å².